The number of aromatic amines is 1. The molecule has 2 fully saturated rings. The minimum absolute atomic E-state index is 0.106. The number of benzene rings is 1. The van der Waals surface area contributed by atoms with E-state index in [0.29, 0.717) is 25.3 Å². The summed E-state index contributed by atoms with van der Waals surface area (Å²) in [7, 11) is 0. The van der Waals surface area contributed by atoms with Gasteiger partial charge in [0, 0.05) is 50.1 Å². The quantitative estimate of drug-likeness (QED) is 0.517. The van der Waals surface area contributed by atoms with Crippen molar-refractivity contribution >= 4 is 28.7 Å². The van der Waals surface area contributed by atoms with Gasteiger partial charge in [-0.2, -0.15) is 5.10 Å². The topological polar surface area (TPSA) is 103 Å². The molecule has 8 nitrogen and oxygen atoms in total. The Morgan fingerprint density at radius 1 is 1.09 bits per heavy atom. The van der Waals surface area contributed by atoms with E-state index in [1.54, 1.807) is 0 Å². The maximum absolute atomic E-state index is 12.6. The number of anilines is 1. The molecule has 0 spiro atoms. The highest BCUT2D eigenvalue weighted by Gasteiger charge is 2.27. The summed E-state index contributed by atoms with van der Waals surface area (Å²) < 4.78 is 0. The molecule has 3 N–H and O–H groups in total. The van der Waals surface area contributed by atoms with Crippen molar-refractivity contribution in [2.75, 3.05) is 18.4 Å². The number of likely N-dealkylation sites (tertiary alicyclic amines) is 1. The summed E-state index contributed by atoms with van der Waals surface area (Å²) in [6, 6.07) is 14.6. The van der Waals surface area contributed by atoms with Crippen LogP contribution in [0.15, 0.2) is 42.5 Å². The van der Waals surface area contributed by atoms with Crippen LogP contribution in [0, 0.1) is 0 Å². The standard InChI is InChI=1S/C25H30N6O2/c32-22-10-6-19(27-22)7-11-23(33)31-14-12-18(13-15-31)21-9-8-20-24(29-30-25(20)28-21)26-16-17-4-2-1-3-5-17/h1-5,8-9,18-19H,6-7,10-16H2,(H,27,32)(H2,26,28,29,30)/t19-/m0/s1. The predicted octanol–water partition coefficient (Wildman–Crippen LogP) is 3.33. The summed E-state index contributed by atoms with van der Waals surface area (Å²) in [5, 5.41) is 14.8. The molecule has 172 valence electrons. The van der Waals surface area contributed by atoms with Crippen molar-refractivity contribution in [1.82, 2.24) is 25.4 Å². The first-order valence-corrected chi connectivity index (χ1v) is 11.9. The van der Waals surface area contributed by atoms with Gasteiger partial charge in [-0.05, 0) is 43.4 Å². The van der Waals surface area contributed by atoms with Gasteiger partial charge in [-0.25, -0.2) is 4.98 Å². The average molecular weight is 447 g/mol. The molecule has 33 heavy (non-hydrogen) atoms. The van der Waals surface area contributed by atoms with E-state index >= 15 is 0 Å². The molecule has 0 bridgehead atoms. The molecule has 2 aromatic heterocycles. The van der Waals surface area contributed by atoms with E-state index in [2.05, 4.69) is 45.1 Å². The predicted molar refractivity (Wildman–Crippen MR) is 127 cm³/mol. The largest absolute Gasteiger partial charge is 0.364 e. The van der Waals surface area contributed by atoms with Gasteiger partial charge in [0.25, 0.3) is 0 Å². The van der Waals surface area contributed by atoms with Crippen molar-refractivity contribution in [3.63, 3.8) is 0 Å². The molecule has 5 rings (SSSR count). The van der Waals surface area contributed by atoms with Crippen LogP contribution in [0.25, 0.3) is 11.0 Å². The molecule has 3 aromatic rings. The first kappa shape index (κ1) is 21.4. The zero-order valence-electron chi connectivity index (χ0n) is 18.7. The normalized spacial score (nSPS) is 19.1. The van der Waals surface area contributed by atoms with E-state index in [1.807, 2.05) is 23.1 Å². The number of pyridine rings is 1. The van der Waals surface area contributed by atoms with E-state index in [-0.39, 0.29) is 17.9 Å². The van der Waals surface area contributed by atoms with Crippen LogP contribution in [0.1, 0.15) is 55.7 Å². The van der Waals surface area contributed by atoms with Crippen LogP contribution < -0.4 is 10.6 Å². The Morgan fingerprint density at radius 2 is 1.91 bits per heavy atom. The second kappa shape index (κ2) is 9.60. The van der Waals surface area contributed by atoms with E-state index in [1.165, 1.54) is 5.56 Å². The van der Waals surface area contributed by atoms with Gasteiger partial charge in [-0.3, -0.25) is 14.7 Å². The Labute approximate surface area is 193 Å². The molecule has 2 aliphatic rings. The monoisotopic (exact) mass is 446 g/mol. The van der Waals surface area contributed by atoms with Crippen LogP contribution in [0.4, 0.5) is 5.82 Å². The Bertz CT molecular complexity index is 1120. The number of nitrogens with zero attached hydrogens (tertiary/aromatic N) is 3. The molecule has 0 saturated carbocycles. The molecule has 0 unspecified atom stereocenters. The molecular formula is C25H30N6O2. The van der Waals surface area contributed by atoms with Crippen LogP contribution in [-0.4, -0.2) is 51.0 Å². The highest BCUT2D eigenvalue weighted by molar-refractivity contribution is 5.87. The summed E-state index contributed by atoms with van der Waals surface area (Å²) in [6.07, 6.45) is 4.51. The smallest absolute Gasteiger partial charge is 0.222 e. The highest BCUT2D eigenvalue weighted by atomic mass is 16.2. The van der Waals surface area contributed by atoms with Gasteiger partial charge in [-0.15, -0.1) is 0 Å². The molecule has 2 amide bonds. The van der Waals surface area contributed by atoms with Crippen molar-refractivity contribution in [2.24, 2.45) is 0 Å². The number of carbonyl (C=O) groups excluding carboxylic acids is 2. The fraction of sp³-hybridized carbons (Fsp3) is 0.440. The first-order valence-electron chi connectivity index (χ1n) is 11.9. The Hall–Kier alpha value is -3.42. The van der Waals surface area contributed by atoms with Crippen molar-refractivity contribution < 1.29 is 9.59 Å². The zero-order chi connectivity index (χ0) is 22.6. The third-order valence-electron chi connectivity index (χ3n) is 6.81. The maximum atomic E-state index is 12.6. The summed E-state index contributed by atoms with van der Waals surface area (Å²) in [4.78, 5) is 30.7. The number of H-pyrrole nitrogens is 1. The second-order valence-electron chi connectivity index (χ2n) is 9.04. The van der Waals surface area contributed by atoms with Gasteiger partial charge in [0.1, 0.15) is 0 Å². The first-order chi connectivity index (χ1) is 16.2. The lowest BCUT2D eigenvalue weighted by Gasteiger charge is -2.32. The molecule has 1 aromatic carbocycles. The number of carbonyl (C=O) groups is 2. The number of fused-ring (bicyclic) bond motifs is 1. The number of rotatable bonds is 7. The van der Waals surface area contributed by atoms with E-state index < -0.39 is 0 Å². The van der Waals surface area contributed by atoms with Gasteiger partial charge < -0.3 is 15.5 Å². The van der Waals surface area contributed by atoms with Crippen molar-refractivity contribution in [1.29, 1.82) is 0 Å². The Morgan fingerprint density at radius 3 is 2.67 bits per heavy atom. The maximum Gasteiger partial charge on any atom is 0.222 e. The molecule has 2 aliphatic heterocycles. The molecule has 4 heterocycles. The van der Waals surface area contributed by atoms with Gasteiger partial charge in [-0.1, -0.05) is 30.3 Å². The number of piperidine rings is 1. The molecule has 8 heteroatoms. The highest BCUT2D eigenvalue weighted by Crippen LogP contribution is 2.29. The molecule has 2 saturated heterocycles. The van der Waals surface area contributed by atoms with Crippen LogP contribution in [0.3, 0.4) is 0 Å². The van der Waals surface area contributed by atoms with Gasteiger partial charge >= 0.3 is 0 Å². The van der Waals surface area contributed by atoms with E-state index in [9.17, 15) is 9.59 Å². The van der Waals surface area contributed by atoms with Gasteiger partial charge in [0.15, 0.2) is 11.5 Å². The average Bonchev–Trinajstić information content (AvgIpc) is 3.47. The summed E-state index contributed by atoms with van der Waals surface area (Å²) in [6.45, 7) is 2.22. The lowest BCUT2D eigenvalue weighted by molar-refractivity contribution is -0.132. The third-order valence-corrected chi connectivity index (χ3v) is 6.81. The Balaban J connectivity index is 1.14. The summed E-state index contributed by atoms with van der Waals surface area (Å²) in [5.41, 5.74) is 3.05. The number of hydrogen-bond donors (Lipinski definition) is 3. The number of aromatic nitrogens is 3. The minimum Gasteiger partial charge on any atom is -0.364 e. The second-order valence-corrected chi connectivity index (χ2v) is 9.04. The fourth-order valence-corrected chi connectivity index (χ4v) is 4.84. The SMILES string of the molecule is O=C1CC[C@@H](CCC(=O)N2CCC(c3ccc4c(NCc5ccccc5)n[nH]c4n3)CC2)N1. The lowest BCUT2D eigenvalue weighted by atomic mass is 9.92. The summed E-state index contributed by atoms with van der Waals surface area (Å²) >= 11 is 0. The van der Waals surface area contributed by atoms with Crippen LogP contribution in [0.2, 0.25) is 0 Å². The number of nitrogens with one attached hydrogen (secondary N) is 3. The fourth-order valence-electron chi connectivity index (χ4n) is 4.84. The Kier molecular flexibility index (Phi) is 6.24. The van der Waals surface area contributed by atoms with E-state index in [4.69, 9.17) is 4.98 Å². The number of hydrogen-bond acceptors (Lipinski definition) is 5. The van der Waals surface area contributed by atoms with Crippen molar-refractivity contribution in [3.05, 3.63) is 53.7 Å². The molecule has 0 radical (unpaired) electrons. The molecule has 1 atom stereocenters. The number of amides is 2. The van der Waals surface area contributed by atoms with Gasteiger partial charge in [0.2, 0.25) is 11.8 Å². The molecular weight excluding hydrogens is 416 g/mol. The van der Waals surface area contributed by atoms with Crippen molar-refractivity contribution in [3.8, 4) is 0 Å². The van der Waals surface area contributed by atoms with Crippen molar-refractivity contribution in [2.45, 2.75) is 57.0 Å². The zero-order valence-corrected chi connectivity index (χ0v) is 18.7. The van der Waals surface area contributed by atoms with Gasteiger partial charge in [0.05, 0.1) is 5.39 Å². The van der Waals surface area contributed by atoms with E-state index in [0.717, 1.165) is 61.3 Å². The van der Waals surface area contributed by atoms with Crippen LogP contribution >= 0.6 is 0 Å². The molecule has 0 aliphatic carbocycles. The minimum atomic E-state index is 0.106. The lowest BCUT2D eigenvalue weighted by Crippen LogP contribution is -2.38. The third kappa shape index (κ3) is 4.99. The van der Waals surface area contributed by atoms with Crippen LogP contribution in [-0.2, 0) is 16.1 Å². The summed E-state index contributed by atoms with van der Waals surface area (Å²) in [5.74, 6) is 1.46. The van der Waals surface area contributed by atoms with Crippen LogP contribution in [0.5, 0.6) is 0 Å².